The molecule has 0 saturated carbocycles. The van der Waals surface area contributed by atoms with Crippen LogP contribution in [0.3, 0.4) is 0 Å². The van der Waals surface area contributed by atoms with Gasteiger partial charge in [0.1, 0.15) is 6.54 Å². The van der Waals surface area contributed by atoms with Gasteiger partial charge in [0, 0.05) is 39.9 Å². The maximum atomic E-state index is 13.1. The van der Waals surface area contributed by atoms with Crippen LogP contribution >= 0.6 is 0 Å². The largest absolute Gasteiger partial charge is 0.416 e. The lowest BCUT2D eigenvalue weighted by Crippen LogP contribution is -2.55. The first-order chi connectivity index (χ1) is 13.3. The molecule has 0 unspecified atom stereocenters. The minimum atomic E-state index is -4.42. The molecule has 28 heavy (non-hydrogen) atoms. The third-order valence-corrected chi connectivity index (χ3v) is 4.49. The van der Waals surface area contributed by atoms with E-state index in [2.05, 4.69) is 15.4 Å². The van der Waals surface area contributed by atoms with Crippen molar-refractivity contribution in [2.45, 2.75) is 12.7 Å². The summed E-state index contributed by atoms with van der Waals surface area (Å²) in [6, 6.07) is 5.40. The lowest BCUT2D eigenvalue weighted by molar-refractivity contribution is -0.138. The number of alkyl halides is 3. The number of carbonyl (C=O) groups excluding carboxylic acids is 1. The molecule has 3 rings (SSSR count). The van der Waals surface area contributed by atoms with E-state index in [1.165, 1.54) is 19.2 Å². The molecule has 2 aromatic rings. The Labute approximate surface area is 160 Å². The molecule has 0 aliphatic carbocycles. The van der Waals surface area contributed by atoms with Gasteiger partial charge in [0.2, 0.25) is 5.91 Å². The summed E-state index contributed by atoms with van der Waals surface area (Å²) in [5, 5.41) is 7.00. The second kappa shape index (κ2) is 7.91. The van der Waals surface area contributed by atoms with Crippen LogP contribution in [0.1, 0.15) is 11.1 Å². The topological polar surface area (TPSA) is 65.8 Å². The van der Waals surface area contributed by atoms with Crippen molar-refractivity contribution in [1.29, 1.82) is 0 Å². The summed E-state index contributed by atoms with van der Waals surface area (Å²) in [4.78, 5) is 20.0. The number of guanidine groups is 1. The van der Waals surface area contributed by atoms with E-state index >= 15 is 0 Å². The van der Waals surface area contributed by atoms with Gasteiger partial charge in [-0.1, -0.05) is 18.2 Å². The molecule has 0 spiro atoms. The highest BCUT2D eigenvalue weighted by molar-refractivity contribution is 5.98. The molecule has 0 atom stereocenters. The number of hydrogen-bond donors (Lipinski definition) is 1. The van der Waals surface area contributed by atoms with E-state index in [-0.39, 0.29) is 24.6 Å². The molecule has 1 N–H and O–H groups in total. The van der Waals surface area contributed by atoms with Crippen LogP contribution in [0.4, 0.5) is 18.9 Å². The standard InChI is InChI=1S/C18H21F3N6O/c1-22-17(23-9-13-5-3-4-6-15(13)18(19,20)21)26-7-8-27(16(28)12-26)14-10-24-25(2)11-14/h3-6,10-11H,7-9,12H2,1-2H3,(H,22,23). The van der Waals surface area contributed by atoms with Crippen molar-refractivity contribution >= 4 is 17.6 Å². The summed E-state index contributed by atoms with van der Waals surface area (Å²) >= 11 is 0. The van der Waals surface area contributed by atoms with Gasteiger partial charge in [0.15, 0.2) is 5.96 Å². The maximum absolute atomic E-state index is 13.1. The third kappa shape index (κ3) is 4.26. The Morgan fingerprint density at radius 2 is 2.04 bits per heavy atom. The number of aryl methyl sites for hydroxylation is 1. The number of nitrogens with zero attached hydrogens (tertiary/aromatic N) is 5. The molecule has 7 nitrogen and oxygen atoms in total. The number of benzene rings is 1. The minimum Gasteiger partial charge on any atom is -0.352 e. The average Bonchev–Trinajstić information content (AvgIpc) is 3.08. The Bertz CT molecular complexity index is 876. The summed E-state index contributed by atoms with van der Waals surface area (Å²) in [5.74, 6) is 0.258. The zero-order valence-electron chi connectivity index (χ0n) is 15.6. The molecule has 1 aromatic heterocycles. The van der Waals surface area contributed by atoms with Crippen LogP contribution in [-0.4, -0.2) is 53.2 Å². The van der Waals surface area contributed by atoms with Gasteiger partial charge in [-0.3, -0.25) is 14.5 Å². The fourth-order valence-corrected chi connectivity index (χ4v) is 3.13. The van der Waals surface area contributed by atoms with Gasteiger partial charge < -0.3 is 15.1 Å². The lowest BCUT2D eigenvalue weighted by Gasteiger charge is -2.35. The predicted octanol–water partition coefficient (Wildman–Crippen LogP) is 1.86. The highest BCUT2D eigenvalue weighted by atomic mass is 19.4. The van der Waals surface area contributed by atoms with Crippen LogP contribution in [0.25, 0.3) is 0 Å². The van der Waals surface area contributed by atoms with Crippen molar-refractivity contribution in [3.8, 4) is 0 Å². The Balaban J connectivity index is 1.65. The van der Waals surface area contributed by atoms with Gasteiger partial charge in [-0.15, -0.1) is 0 Å². The fraction of sp³-hybridized carbons (Fsp3) is 0.389. The number of nitrogens with one attached hydrogen (secondary N) is 1. The molecule has 1 aliphatic heterocycles. The highest BCUT2D eigenvalue weighted by Gasteiger charge is 2.33. The monoisotopic (exact) mass is 394 g/mol. The number of piperazine rings is 1. The molecule has 1 amide bonds. The number of anilines is 1. The molecule has 2 heterocycles. The molecule has 10 heteroatoms. The van der Waals surface area contributed by atoms with Crippen molar-refractivity contribution in [2.24, 2.45) is 12.0 Å². The molecule has 0 radical (unpaired) electrons. The summed E-state index contributed by atoms with van der Waals surface area (Å²) in [7, 11) is 3.31. The molecular formula is C18H21F3N6O. The molecule has 1 fully saturated rings. The number of aliphatic imine (C=N–C) groups is 1. The quantitative estimate of drug-likeness (QED) is 0.638. The SMILES string of the molecule is CN=C(NCc1ccccc1C(F)(F)F)N1CCN(c2cnn(C)c2)C(=O)C1. The first-order valence-electron chi connectivity index (χ1n) is 8.69. The predicted molar refractivity (Wildman–Crippen MR) is 98.8 cm³/mol. The van der Waals surface area contributed by atoms with Crippen molar-refractivity contribution in [1.82, 2.24) is 20.0 Å². The number of amides is 1. The summed E-state index contributed by atoms with van der Waals surface area (Å²) in [5.41, 5.74) is 0.154. The number of aromatic nitrogens is 2. The van der Waals surface area contributed by atoms with E-state index in [0.29, 0.717) is 24.7 Å². The van der Waals surface area contributed by atoms with E-state index in [9.17, 15) is 18.0 Å². The van der Waals surface area contributed by atoms with E-state index < -0.39 is 11.7 Å². The van der Waals surface area contributed by atoms with Gasteiger partial charge in [-0.05, 0) is 11.6 Å². The summed E-state index contributed by atoms with van der Waals surface area (Å²) in [6.45, 7) is 0.973. The van der Waals surface area contributed by atoms with Crippen LogP contribution in [0.2, 0.25) is 0 Å². The summed E-state index contributed by atoms with van der Waals surface area (Å²) in [6.07, 6.45) is -1.05. The van der Waals surface area contributed by atoms with E-state index in [0.717, 1.165) is 6.07 Å². The van der Waals surface area contributed by atoms with Crippen LogP contribution in [0.5, 0.6) is 0 Å². The average molecular weight is 394 g/mol. The van der Waals surface area contributed by atoms with Crippen molar-refractivity contribution in [3.63, 3.8) is 0 Å². The molecule has 0 bridgehead atoms. The second-order valence-corrected chi connectivity index (χ2v) is 6.39. The van der Waals surface area contributed by atoms with Gasteiger partial charge in [-0.25, -0.2) is 0 Å². The first-order valence-corrected chi connectivity index (χ1v) is 8.69. The van der Waals surface area contributed by atoms with E-state index in [4.69, 9.17) is 0 Å². The highest BCUT2D eigenvalue weighted by Crippen LogP contribution is 2.31. The van der Waals surface area contributed by atoms with Crippen molar-refractivity contribution in [3.05, 3.63) is 47.8 Å². The number of carbonyl (C=O) groups is 1. The molecule has 1 aromatic carbocycles. The Morgan fingerprint density at radius 1 is 1.29 bits per heavy atom. The third-order valence-electron chi connectivity index (χ3n) is 4.49. The van der Waals surface area contributed by atoms with Crippen LogP contribution in [0, 0.1) is 0 Å². The molecular weight excluding hydrogens is 373 g/mol. The second-order valence-electron chi connectivity index (χ2n) is 6.39. The van der Waals surface area contributed by atoms with Gasteiger partial charge in [-0.2, -0.15) is 18.3 Å². The van der Waals surface area contributed by atoms with Crippen LogP contribution in [-0.2, 0) is 24.6 Å². The zero-order chi connectivity index (χ0) is 20.3. The lowest BCUT2D eigenvalue weighted by atomic mass is 10.1. The van der Waals surface area contributed by atoms with Crippen molar-refractivity contribution < 1.29 is 18.0 Å². The van der Waals surface area contributed by atoms with Crippen molar-refractivity contribution in [2.75, 3.05) is 31.6 Å². The minimum absolute atomic E-state index is 0.0423. The number of hydrogen-bond acceptors (Lipinski definition) is 3. The zero-order valence-corrected chi connectivity index (χ0v) is 15.6. The fourth-order valence-electron chi connectivity index (χ4n) is 3.13. The Hall–Kier alpha value is -3.04. The Morgan fingerprint density at radius 3 is 2.64 bits per heavy atom. The molecule has 150 valence electrons. The van der Waals surface area contributed by atoms with Gasteiger partial charge in [0.25, 0.3) is 0 Å². The number of halogens is 3. The number of rotatable bonds is 3. The molecule has 1 aliphatic rings. The Kier molecular flexibility index (Phi) is 5.57. The van der Waals surface area contributed by atoms with E-state index in [1.54, 1.807) is 40.0 Å². The first kappa shape index (κ1) is 19.7. The summed E-state index contributed by atoms with van der Waals surface area (Å²) < 4.78 is 41.0. The normalized spacial score (nSPS) is 15.9. The van der Waals surface area contributed by atoms with Gasteiger partial charge >= 0.3 is 6.18 Å². The van der Waals surface area contributed by atoms with Crippen LogP contribution in [0.15, 0.2) is 41.7 Å². The van der Waals surface area contributed by atoms with Crippen LogP contribution < -0.4 is 10.2 Å². The smallest absolute Gasteiger partial charge is 0.352 e. The van der Waals surface area contributed by atoms with E-state index in [1.807, 2.05) is 0 Å². The molecule has 1 saturated heterocycles. The van der Waals surface area contributed by atoms with Gasteiger partial charge in [0.05, 0.1) is 17.4 Å². The maximum Gasteiger partial charge on any atom is 0.416 e.